The maximum absolute atomic E-state index is 14.8. The minimum atomic E-state index is -4.70. The van der Waals surface area contributed by atoms with E-state index >= 15 is 0 Å². The summed E-state index contributed by atoms with van der Waals surface area (Å²) in [5, 5.41) is 9.28. The lowest BCUT2D eigenvalue weighted by Gasteiger charge is -2.20. The maximum Gasteiger partial charge on any atom is 0.407 e. The number of rotatable bonds is 3. The summed E-state index contributed by atoms with van der Waals surface area (Å²) in [6, 6.07) is 4.02. The fourth-order valence-corrected chi connectivity index (χ4v) is 3.13. The van der Waals surface area contributed by atoms with E-state index in [0.29, 0.717) is 12.1 Å². The van der Waals surface area contributed by atoms with Crippen LogP contribution < -0.4 is 5.73 Å². The molecule has 0 radical (unpaired) electrons. The molecule has 2 N–H and O–H groups in total. The summed E-state index contributed by atoms with van der Waals surface area (Å²) in [4.78, 5) is 7.85. The van der Waals surface area contributed by atoms with Crippen LogP contribution in [0, 0.1) is 22.7 Å². The molecule has 3 heterocycles. The van der Waals surface area contributed by atoms with E-state index in [4.69, 9.17) is 5.73 Å². The average molecular weight is 405 g/mol. The predicted octanol–water partition coefficient (Wildman–Crippen LogP) is 4.72. The molecule has 0 saturated carbocycles. The number of nitriles is 1. The SMILES string of the molecule is CC(C)(C)Cn1cc(C(N)C(F)(F)F)c2nc(F)c(-c3ncccc3C#N)cc21. The summed E-state index contributed by atoms with van der Waals surface area (Å²) in [5.41, 5.74) is 5.11. The van der Waals surface area contributed by atoms with E-state index < -0.39 is 18.2 Å². The van der Waals surface area contributed by atoms with Crippen molar-refractivity contribution >= 4 is 11.0 Å². The van der Waals surface area contributed by atoms with Crippen LogP contribution in [0.4, 0.5) is 17.6 Å². The number of nitrogens with two attached hydrogens (primary N) is 1. The lowest BCUT2D eigenvalue weighted by atomic mass is 9.97. The Bertz CT molecular complexity index is 1100. The van der Waals surface area contributed by atoms with Gasteiger partial charge < -0.3 is 10.3 Å². The van der Waals surface area contributed by atoms with E-state index in [9.17, 15) is 22.8 Å². The van der Waals surface area contributed by atoms with Crippen molar-refractivity contribution in [3.05, 3.63) is 47.7 Å². The Morgan fingerprint density at radius 3 is 2.55 bits per heavy atom. The molecule has 0 spiro atoms. The van der Waals surface area contributed by atoms with Crippen LogP contribution in [-0.2, 0) is 6.54 Å². The first-order valence-corrected chi connectivity index (χ1v) is 8.79. The van der Waals surface area contributed by atoms with Gasteiger partial charge >= 0.3 is 6.18 Å². The molecule has 0 amide bonds. The Kier molecular flexibility index (Phi) is 5.09. The lowest BCUT2D eigenvalue weighted by Crippen LogP contribution is -2.28. The first-order chi connectivity index (χ1) is 13.4. The van der Waals surface area contributed by atoms with E-state index in [2.05, 4.69) is 9.97 Å². The Hall–Kier alpha value is -2.99. The summed E-state index contributed by atoms with van der Waals surface area (Å²) in [5.74, 6) is -1.02. The molecule has 1 atom stereocenters. The van der Waals surface area contributed by atoms with Crippen LogP contribution in [-0.4, -0.2) is 20.7 Å². The molecule has 3 rings (SSSR count). The summed E-state index contributed by atoms with van der Waals surface area (Å²) < 4.78 is 56.2. The number of hydrogen-bond donors (Lipinski definition) is 1. The summed E-state index contributed by atoms with van der Waals surface area (Å²) >= 11 is 0. The number of aromatic nitrogens is 3. The first-order valence-electron chi connectivity index (χ1n) is 8.79. The molecule has 152 valence electrons. The lowest BCUT2D eigenvalue weighted by molar-refractivity contribution is -0.148. The van der Waals surface area contributed by atoms with Gasteiger partial charge in [-0.25, -0.2) is 4.98 Å². The third kappa shape index (κ3) is 4.07. The first kappa shape index (κ1) is 20.7. The van der Waals surface area contributed by atoms with Crippen LogP contribution in [0.3, 0.4) is 0 Å². The molecule has 0 aromatic carbocycles. The van der Waals surface area contributed by atoms with Gasteiger partial charge in [0.05, 0.1) is 27.9 Å². The molecule has 0 aliphatic carbocycles. The average Bonchev–Trinajstić information content (AvgIpc) is 2.95. The second kappa shape index (κ2) is 7.12. The predicted molar refractivity (Wildman–Crippen MR) is 100 cm³/mol. The maximum atomic E-state index is 14.8. The normalized spacial score (nSPS) is 13.5. The minimum absolute atomic E-state index is 0.0601. The quantitative estimate of drug-likeness (QED) is 0.505. The highest BCUT2D eigenvalue weighted by Crippen LogP contribution is 2.37. The van der Waals surface area contributed by atoms with Crippen LogP contribution in [0.2, 0.25) is 0 Å². The van der Waals surface area contributed by atoms with Gasteiger partial charge in [0, 0.05) is 24.5 Å². The van der Waals surface area contributed by atoms with Crippen LogP contribution in [0.5, 0.6) is 0 Å². The van der Waals surface area contributed by atoms with E-state index in [1.54, 1.807) is 4.57 Å². The summed E-state index contributed by atoms with van der Waals surface area (Å²) in [6.45, 7) is 6.12. The van der Waals surface area contributed by atoms with Crippen molar-refractivity contribution in [3.63, 3.8) is 0 Å². The van der Waals surface area contributed by atoms with Gasteiger partial charge in [-0.2, -0.15) is 22.8 Å². The molecule has 0 saturated heterocycles. The second-order valence-electron chi connectivity index (χ2n) is 8.00. The highest BCUT2D eigenvalue weighted by atomic mass is 19.4. The molecule has 29 heavy (non-hydrogen) atoms. The van der Waals surface area contributed by atoms with Crippen LogP contribution in [0.25, 0.3) is 22.3 Å². The number of alkyl halides is 3. The zero-order chi connectivity index (χ0) is 21.6. The van der Waals surface area contributed by atoms with E-state index in [1.807, 2.05) is 26.8 Å². The number of hydrogen-bond acceptors (Lipinski definition) is 4. The molecule has 3 aromatic heterocycles. The van der Waals surface area contributed by atoms with Gasteiger partial charge in [-0.05, 0) is 23.6 Å². The van der Waals surface area contributed by atoms with Crippen LogP contribution >= 0.6 is 0 Å². The Morgan fingerprint density at radius 2 is 1.97 bits per heavy atom. The van der Waals surface area contributed by atoms with E-state index in [-0.39, 0.29) is 33.3 Å². The number of pyridine rings is 2. The number of halogens is 4. The van der Waals surface area contributed by atoms with Crippen molar-refractivity contribution in [2.45, 2.75) is 39.5 Å². The molecule has 0 aliphatic rings. The number of nitrogens with zero attached hydrogens (tertiary/aromatic N) is 4. The minimum Gasteiger partial charge on any atom is -0.345 e. The zero-order valence-electron chi connectivity index (χ0n) is 16.0. The van der Waals surface area contributed by atoms with Gasteiger partial charge in [-0.15, -0.1) is 0 Å². The molecule has 0 bridgehead atoms. The molecule has 9 heteroatoms. The fraction of sp³-hybridized carbons (Fsp3) is 0.350. The van der Waals surface area contributed by atoms with Crippen molar-refractivity contribution in [3.8, 4) is 17.3 Å². The Morgan fingerprint density at radius 1 is 1.28 bits per heavy atom. The molecule has 0 fully saturated rings. The van der Waals surface area contributed by atoms with Gasteiger partial charge in [-0.3, -0.25) is 4.98 Å². The van der Waals surface area contributed by atoms with Gasteiger partial charge in [0.15, 0.2) is 0 Å². The van der Waals surface area contributed by atoms with E-state index in [0.717, 1.165) is 0 Å². The van der Waals surface area contributed by atoms with Crippen molar-refractivity contribution < 1.29 is 17.6 Å². The summed E-state index contributed by atoms with van der Waals surface area (Å²) in [6.07, 6.45) is -2.03. The van der Waals surface area contributed by atoms with Crippen molar-refractivity contribution in [1.82, 2.24) is 14.5 Å². The Labute approximate surface area is 164 Å². The smallest absolute Gasteiger partial charge is 0.345 e. The topological polar surface area (TPSA) is 80.5 Å². The van der Waals surface area contributed by atoms with Gasteiger partial charge in [0.25, 0.3) is 0 Å². The zero-order valence-corrected chi connectivity index (χ0v) is 16.0. The van der Waals surface area contributed by atoms with Crippen LogP contribution in [0.15, 0.2) is 30.6 Å². The Balaban J connectivity index is 2.31. The third-order valence-electron chi connectivity index (χ3n) is 4.35. The van der Waals surface area contributed by atoms with Crippen LogP contribution in [0.1, 0.15) is 37.9 Å². The molecule has 1 unspecified atom stereocenters. The number of fused-ring (bicyclic) bond motifs is 1. The standard InChI is InChI=1S/C20H19F4N5/c1-19(2,3)10-29-9-13(17(26)20(22,23)24)16-14(29)7-12(18(21)28-16)15-11(8-25)5-4-6-27-15/h4-7,9,17H,10,26H2,1-3H3. The van der Waals surface area contributed by atoms with Crippen molar-refractivity contribution in [2.24, 2.45) is 11.1 Å². The molecule has 0 aliphatic heterocycles. The van der Waals surface area contributed by atoms with Crippen molar-refractivity contribution in [1.29, 1.82) is 5.26 Å². The molecular formula is C20H19F4N5. The summed E-state index contributed by atoms with van der Waals surface area (Å²) in [7, 11) is 0. The molecule has 5 nitrogen and oxygen atoms in total. The van der Waals surface area contributed by atoms with Crippen molar-refractivity contribution in [2.75, 3.05) is 0 Å². The van der Waals surface area contributed by atoms with Gasteiger partial charge in [0.2, 0.25) is 5.95 Å². The highest BCUT2D eigenvalue weighted by molar-refractivity contribution is 5.85. The van der Waals surface area contributed by atoms with E-state index in [1.165, 1.54) is 30.6 Å². The van der Waals surface area contributed by atoms with Gasteiger partial charge in [0.1, 0.15) is 12.1 Å². The second-order valence-corrected chi connectivity index (χ2v) is 8.00. The fourth-order valence-electron chi connectivity index (χ4n) is 3.13. The largest absolute Gasteiger partial charge is 0.407 e. The monoisotopic (exact) mass is 405 g/mol. The molecular weight excluding hydrogens is 386 g/mol. The van der Waals surface area contributed by atoms with Gasteiger partial charge in [-0.1, -0.05) is 20.8 Å². The third-order valence-corrected chi connectivity index (χ3v) is 4.35. The molecule has 3 aromatic rings. The highest BCUT2D eigenvalue weighted by Gasteiger charge is 2.40.